The zero-order valence-electron chi connectivity index (χ0n) is 57.7. The summed E-state index contributed by atoms with van der Waals surface area (Å²) in [7, 11) is 0. The molecule has 1 fully saturated rings. The van der Waals surface area contributed by atoms with Gasteiger partial charge in [-0.1, -0.05) is 339 Å². The predicted molar refractivity (Wildman–Crippen MR) is 371 cm³/mol. The van der Waals surface area contributed by atoms with Crippen LogP contribution in [-0.4, -0.2) is 100 Å². The quantitative estimate of drug-likeness (QED) is 0.0195. The number of aliphatic hydroxyl groups excluding tert-OH is 5. The minimum atomic E-state index is -1.57. The molecule has 11 nitrogen and oxygen atoms in total. The lowest BCUT2D eigenvalue weighted by Crippen LogP contribution is -2.60. The summed E-state index contributed by atoms with van der Waals surface area (Å²) in [6, 6.07) is -0.808. The number of esters is 1. The largest absolute Gasteiger partial charge is 0.466 e. The number of carbonyl (C=O) groups is 2. The van der Waals surface area contributed by atoms with Gasteiger partial charge in [-0.05, 0) is 64.2 Å². The van der Waals surface area contributed by atoms with Crippen molar-refractivity contribution in [2.45, 2.75) is 423 Å². The molecule has 88 heavy (non-hydrogen) atoms. The van der Waals surface area contributed by atoms with Crippen molar-refractivity contribution in [3.63, 3.8) is 0 Å². The number of unbranched alkanes of at least 4 members (excludes halogenated alkanes) is 50. The van der Waals surface area contributed by atoms with Gasteiger partial charge in [-0.3, -0.25) is 9.59 Å². The Hall–Kier alpha value is -2.12. The highest BCUT2D eigenvalue weighted by atomic mass is 16.7. The van der Waals surface area contributed by atoms with E-state index in [1.54, 1.807) is 6.08 Å². The average Bonchev–Trinajstić information content (AvgIpc) is 3.33. The van der Waals surface area contributed by atoms with Crippen LogP contribution in [0.2, 0.25) is 0 Å². The number of hydrogen-bond acceptors (Lipinski definition) is 10. The highest BCUT2D eigenvalue weighted by Crippen LogP contribution is 2.24. The van der Waals surface area contributed by atoms with Gasteiger partial charge in [-0.2, -0.15) is 0 Å². The van der Waals surface area contributed by atoms with Gasteiger partial charge in [-0.15, -0.1) is 0 Å². The van der Waals surface area contributed by atoms with Crippen molar-refractivity contribution in [1.82, 2.24) is 5.32 Å². The Morgan fingerprint density at radius 1 is 0.420 bits per heavy atom. The van der Waals surface area contributed by atoms with Gasteiger partial charge in [0, 0.05) is 12.8 Å². The van der Waals surface area contributed by atoms with Crippen molar-refractivity contribution in [2.75, 3.05) is 19.8 Å². The topological polar surface area (TPSA) is 175 Å². The molecule has 0 radical (unpaired) electrons. The van der Waals surface area contributed by atoms with Crippen molar-refractivity contribution >= 4 is 11.9 Å². The average molecular weight is 1250 g/mol. The van der Waals surface area contributed by atoms with E-state index in [4.69, 9.17) is 14.2 Å². The first kappa shape index (κ1) is 83.9. The molecular weight excluding hydrogens is 1100 g/mol. The molecular formula is C77H145NO10. The number of hydrogen-bond donors (Lipinski definition) is 6. The molecule has 518 valence electrons. The van der Waals surface area contributed by atoms with Crippen molar-refractivity contribution in [2.24, 2.45) is 0 Å². The number of nitrogens with one attached hydrogen (secondary N) is 1. The number of aliphatic hydroxyl groups is 5. The second kappa shape index (κ2) is 66.3. The molecule has 1 rings (SSSR count). The summed E-state index contributed by atoms with van der Waals surface area (Å²) in [4.78, 5) is 25.1. The van der Waals surface area contributed by atoms with Gasteiger partial charge in [0.15, 0.2) is 6.29 Å². The molecule has 7 atom stereocenters. The van der Waals surface area contributed by atoms with Crippen molar-refractivity contribution in [3.8, 4) is 0 Å². The molecule has 7 unspecified atom stereocenters. The summed E-state index contributed by atoms with van der Waals surface area (Å²) in [5.74, 6) is -0.166. The molecule has 1 heterocycles. The molecule has 1 saturated heterocycles. The van der Waals surface area contributed by atoms with E-state index in [2.05, 4.69) is 43.5 Å². The Morgan fingerprint density at radius 2 is 0.761 bits per heavy atom. The van der Waals surface area contributed by atoms with Crippen molar-refractivity contribution < 1.29 is 49.3 Å². The molecule has 0 spiro atoms. The van der Waals surface area contributed by atoms with E-state index >= 15 is 0 Å². The molecule has 0 aliphatic carbocycles. The highest BCUT2D eigenvalue weighted by molar-refractivity contribution is 5.76. The third kappa shape index (κ3) is 54.4. The fourth-order valence-electron chi connectivity index (χ4n) is 12.2. The number of carbonyl (C=O) groups excluding carboxylic acids is 2. The van der Waals surface area contributed by atoms with E-state index in [1.807, 2.05) is 6.08 Å². The van der Waals surface area contributed by atoms with Crippen LogP contribution in [0, 0.1) is 0 Å². The van der Waals surface area contributed by atoms with Gasteiger partial charge >= 0.3 is 5.97 Å². The highest BCUT2D eigenvalue weighted by Gasteiger charge is 2.44. The first-order chi connectivity index (χ1) is 43.2. The zero-order chi connectivity index (χ0) is 63.7. The predicted octanol–water partition coefficient (Wildman–Crippen LogP) is 20.1. The lowest BCUT2D eigenvalue weighted by molar-refractivity contribution is -0.302. The molecule has 0 aromatic heterocycles. The van der Waals surface area contributed by atoms with Gasteiger partial charge in [0.05, 0.1) is 32.0 Å². The second-order valence-corrected chi connectivity index (χ2v) is 26.7. The summed E-state index contributed by atoms with van der Waals surface area (Å²) in [5.41, 5.74) is 0. The zero-order valence-corrected chi connectivity index (χ0v) is 57.7. The Bertz CT molecular complexity index is 1560. The van der Waals surface area contributed by atoms with Gasteiger partial charge < -0.3 is 45.1 Å². The van der Waals surface area contributed by atoms with Gasteiger partial charge in [0.2, 0.25) is 5.91 Å². The first-order valence-electron chi connectivity index (χ1n) is 38.3. The molecule has 0 aromatic rings. The first-order valence-corrected chi connectivity index (χ1v) is 38.3. The van der Waals surface area contributed by atoms with Crippen LogP contribution in [0.25, 0.3) is 0 Å². The molecule has 11 heteroatoms. The van der Waals surface area contributed by atoms with E-state index in [0.717, 1.165) is 57.8 Å². The van der Waals surface area contributed by atoms with Crippen LogP contribution in [0.3, 0.4) is 0 Å². The van der Waals surface area contributed by atoms with Gasteiger partial charge in [-0.25, -0.2) is 0 Å². The van der Waals surface area contributed by atoms with E-state index < -0.39 is 49.5 Å². The Morgan fingerprint density at radius 3 is 1.15 bits per heavy atom. The maximum Gasteiger partial charge on any atom is 0.305 e. The molecule has 1 amide bonds. The molecule has 1 aliphatic heterocycles. The standard InChI is InChI=1S/C77H145NO10/c1-3-5-7-9-11-13-15-40-43-47-51-55-59-63-70(80)69(68-87-77-76(85)75(84)74(83)71(67-79)88-77)78-72(81)64-60-56-52-48-44-41-38-36-34-32-30-28-26-24-22-20-18-17-19-21-23-25-27-29-31-33-35-37-39-42-46-50-54-58-62-66-86-73(82)65-61-57-53-49-45-16-14-12-10-8-6-4-2/h19,21,25,27,59,63,69-71,74-77,79-80,83-85H,3-18,20,22-24,26,28-58,60-62,64-68H2,1-2H3,(H,78,81)/b21-19-,27-25-,63-59+. The third-order valence-corrected chi connectivity index (χ3v) is 18.2. The maximum absolute atomic E-state index is 13.1. The van der Waals surface area contributed by atoms with E-state index in [1.165, 1.54) is 295 Å². The number of amides is 1. The van der Waals surface area contributed by atoms with E-state index in [9.17, 15) is 35.1 Å². The third-order valence-electron chi connectivity index (χ3n) is 18.2. The Kier molecular flexibility index (Phi) is 63.2. The fourth-order valence-corrected chi connectivity index (χ4v) is 12.2. The van der Waals surface area contributed by atoms with Crippen molar-refractivity contribution in [3.05, 3.63) is 36.5 Å². The van der Waals surface area contributed by atoms with Crippen LogP contribution in [0.4, 0.5) is 0 Å². The SMILES string of the molecule is CCCCCCCCCCCCC/C=C/C(O)C(COC1OC(CO)C(O)C(O)C1O)NC(=O)CCCCCCCCCCCCCCCCCCC/C=C\C/C=C\CCCCCCCCCCCCCOC(=O)CCCCCCCCCCCCCC. The van der Waals surface area contributed by atoms with Crippen LogP contribution >= 0.6 is 0 Å². The minimum Gasteiger partial charge on any atom is -0.466 e. The minimum absolute atomic E-state index is 0.0113. The second-order valence-electron chi connectivity index (χ2n) is 26.7. The smallest absolute Gasteiger partial charge is 0.305 e. The van der Waals surface area contributed by atoms with Crippen LogP contribution < -0.4 is 5.32 Å². The fraction of sp³-hybridized carbons (Fsp3) is 0.896. The lowest BCUT2D eigenvalue weighted by Gasteiger charge is -2.40. The lowest BCUT2D eigenvalue weighted by atomic mass is 9.99. The monoisotopic (exact) mass is 1240 g/mol. The van der Waals surface area contributed by atoms with Crippen molar-refractivity contribution in [1.29, 1.82) is 0 Å². The van der Waals surface area contributed by atoms with Crippen LogP contribution in [0.5, 0.6) is 0 Å². The summed E-state index contributed by atoms with van der Waals surface area (Å²) in [6.07, 6.45) is 75.8. The molecule has 1 aliphatic rings. The summed E-state index contributed by atoms with van der Waals surface area (Å²) in [6.45, 7) is 4.38. The number of ether oxygens (including phenoxy) is 3. The van der Waals surface area contributed by atoms with Crippen LogP contribution in [-0.2, 0) is 23.8 Å². The van der Waals surface area contributed by atoms with E-state index in [0.29, 0.717) is 19.4 Å². The molecule has 0 saturated carbocycles. The van der Waals surface area contributed by atoms with Gasteiger partial charge in [0.25, 0.3) is 0 Å². The van der Waals surface area contributed by atoms with Crippen LogP contribution in [0.15, 0.2) is 36.5 Å². The normalized spacial score (nSPS) is 17.9. The Labute approximate surface area is 543 Å². The Balaban J connectivity index is 1.94. The molecule has 6 N–H and O–H groups in total. The molecule has 0 aromatic carbocycles. The van der Waals surface area contributed by atoms with E-state index in [-0.39, 0.29) is 18.5 Å². The van der Waals surface area contributed by atoms with Crippen LogP contribution in [0.1, 0.15) is 380 Å². The summed E-state index contributed by atoms with van der Waals surface area (Å²) < 4.78 is 16.8. The maximum atomic E-state index is 13.1. The number of allylic oxidation sites excluding steroid dienone is 5. The summed E-state index contributed by atoms with van der Waals surface area (Å²) >= 11 is 0. The summed E-state index contributed by atoms with van der Waals surface area (Å²) in [5, 5.41) is 54.5. The molecule has 0 bridgehead atoms. The van der Waals surface area contributed by atoms with Gasteiger partial charge in [0.1, 0.15) is 24.4 Å². The number of rotatable bonds is 68.